The van der Waals surface area contributed by atoms with Gasteiger partial charge in [-0.05, 0) is 36.5 Å². The molecule has 6 heteroatoms. The number of aryl methyl sites for hydroxylation is 1. The lowest BCUT2D eigenvalue weighted by Gasteiger charge is -2.16. The van der Waals surface area contributed by atoms with Gasteiger partial charge < -0.3 is 9.84 Å². The number of hydrogen-bond donors (Lipinski definition) is 1. The fraction of sp³-hybridized carbons (Fsp3) is 0.500. The Bertz CT molecular complexity index is 426. The van der Waals surface area contributed by atoms with E-state index in [-0.39, 0.29) is 6.42 Å². The molecule has 0 saturated carbocycles. The van der Waals surface area contributed by atoms with Crippen LogP contribution >= 0.6 is 0 Å². The number of hydrogen-bond acceptors (Lipinski definition) is 2. The summed E-state index contributed by atoms with van der Waals surface area (Å²) in [6.07, 6.45) is -5.25. The van der Waals surface area contributed by atoms with E-state index in [1.54, 1.807) is 24.3 Å². The predicted octanol–water partition coefficient (Wildman–Crippen LogP) is 3.67. The Hall–Kier alpha value is -1.72. The van der Waals surface area contributed by atoms with Gasteiger partial charge in [0.25, 0.3) is 0 Å². The van der Waals surface area contributed by atoms with Crippen molar-refractivity contribution in [2.24, 2.45) is 5.92 Å². The van der Waals surface area contributed by atoms with E-state index in [2.05, 4.69) is 0 Å². The van der Waals surface area contributed by atoms with E-state index < -0.39 is 30.9 Å². The first-order valence-electron chi connectivity index (χ1n) is 6.21. The fourth-order valence-corrected chi connectivity index (χ4v) is 2.01. The highest BCUT2D eigenvalue weighted by atomic mass is 19.4. The van der Waals surface area contributed by atoms with Gasteiger partial charge in [0.2, 0.25) is 0 Å². The van der Waals surface area contributed by atoms with Gasteiger partial charge in [0.15, 0.2) is 0 Å². The molecule has 0 heterocycles. The molecule has 1 rings (SSSR count). The number of aliphatic carboxylic acids is 1. The Morgan fingerprint density at radius 2 is 1.90 bits per heavy atom. The van der Waals surface area contributed by atoms with E-state index in [9.17, 15) is 18.0 Å². The quantitative estimate of drug-likeness (QED) is 0.833. The van der Waals surface area contributed by atoms with E-state index in [0.717, 1.165) is 5.56 Å². The van der Waals surface area contributed by atoms with Crippen LogP contribution in [0.5, 0.6) is 5.75 Å². The highest BCUT2D eigenvalue weighted by molar-refractivity contribution is 5.67. The highest BCUT2D eigenvalue weighted by Gasteiger charge is 2.32. The smallest absolute Gasteiger partial charge is 0.389 e. The zero-order chi connectivity index (χ0) is 15.2. The fourth-order valence-electron chi connectivity index (χ4n) is 2.01. The average Bonchev–Trinajstić information content (AvgIpc) is 2.34. The molecule has 20 heavy (non-hydrogen) atoms. The number of benzene rings is 1. The molecule has 0 spiro atoms. The summed E-state index contributed by atoms with van der Waals surface area (Å²) < 4.78 is 42.1. The maximum atomic E-state index is 12.4. The van der Waals surface area contributed by atoms with Gasteiger partial charge >= 0.3 is 12.1 Å². The summed E-state index contributed by atoms with van der Waals surface area (Å²) in [6, 6.07) is 6.99. The van der Waals surface area contributed by atoms with Crippen molar-refractivity contribution in [3.05, 3.63) is 29.8 Å². The van der Waals surface area contributed by atoms with Gasteiger partial charge in [-0.25, -0.2) is 0 Å². The van der Waals surface area contributed by atoms with Crippen LogP contribution < -0.4 is 4.74 Å². The van der Waals surface area contributed by atoms with Crippen molar-refractivity contribution in [3.8, 4) is 5.75 Å². The molecule has 0 saturated heterocycles. The lowest BCUT2D eigenvalue weighted by molar-refractivity contribution is -0.151. The summed E-state index contributed by atoms with van der Waals surface area (Å²) in [5.41, 5.74) is 0.864. The normalized spacial score (nSPS) is 13.0. The van der Waals surface area contributed by atoms with Crippen molar-refractivity contribution in [2.75, 3.05) is 7.11 Å². The van der Waals surface area contributed by atoms with Crippen LogP contribution in [0.15, 0.2) is 24.3 Å². The number of alkyl halides is 3. The maximum absolute atomic E-state index is 12.4. The van der Waals surface area contributed by atoms with Crippen molar-refractivity contribution >= 4 is 5.97 Å². The summed E-state index contributed by atoms with van der Waals surface area (Å²) in [7, 11) is 1.53. The zero-order valence-corrected chi connectivity index (χ0v) is 11.1. The largest absolute Gasteiger partial charge is 0.497 e. The molecular formula is C14H17F3O3. The lowest BCUT2D eigenvalue weighted by atomic mass is 9.93. The van der Waals surface area contributed by atoms with E-state index in [4.69, 9.17) is 9.84 Å². The van der Waals surface area contributed by atoms with Crippen molar-refractivity contribution in [2.45, 2.75) is 31.9 Å². The molecule has 0 aromatic heterocycles. The summed E-state index contributed by atoms with van der Waals surface area (Å²) in [5.74, 6) is -1.42. The van der Waals surface area contributed by atoms with Crippen molar-refractivity contribution < 1.29 is 27.8 Å². The third kappa shape index (κ3) is 6.45. The number of rotatable bonds is 7. The van der Waals surface area contributed by atoms with Gasteiger partial charge in [-0.3, -0.25) is 4.79 Å². The van der Waals surface area contributed by atoms with E-state index in [1.165, 1.54) is 7.11 Å². The van der Waals surface area contributed by atoms with E-state index in [0.29, 0.717) is 12.2 Å². The standard InChI is InChI=1S/C14H17F3O3/c1-20-12-6-4-10(5-7-12)2-3-11(8-13(18)19)9-14(15,16)17/h4-7,11H,2-3,8-9H2,1H3,(H,18,19). The van der Waals surface area contributed by atoms with Crippen LogP contribution in [0.2, 0.25) is 0 Å². The van der Waals surface area contributed by atoms with Crippen LogP contribution in [0.1, 0.15) is 24.8 Å². The minimum absolute atomic E-state index is 0.193. The molecule has 1 unspecified atom stereocenters. The second kappa shape index (κ2) is 7.17. The third-order valence-electron chi connectivity index (χ3n) is 2.98. The molecule has 3 nitrogen and oxygen atoms in total. The van der Waals surface area contributed by atoms with Crippen LogP contribution in [0, 0.1) is 5.92 Å². The molecule has 0 aliphatic heterocycles. The summed E-state index contributed by atoms with van der Waals surface area (Å²) in [6.45, 7) is 0. The molecule has 0 amide bonds. The van der Waals surface area contributed by atoms with Crippen LogP contribution in [0.25, 0.3) is 0 Å². The van der Waals surface area contributed by atoms with Gasteiger partial charge in [0.05, 0.1) is 7.11 Å². The van der Waals surface area contributed by atoms with Gasteiger partial charge in [0.1, 0.15) is 5.75 Å². The first-order valence-corrected chi connectivity index (χ1v) is 6.21. The zero-order valence-electron chi connectivity index (χ0n) is 11.1. The molecule has 0 radical (unpaired) electrons. The van der Waals surface area contributed by atoms with Gasteiger partial charge in [-0.15, -0.1) is 0 Å². The summed E-state index contributed by atoms with van der Waals surface area (Å²) in [5, 5.41) is 8.66. The first kappa shape index (κ1) is 16.3. The number of methoxy groups -OCH3 is 1. The van der Waals surface area contributed by atoms with Gasteiger partial charge in [-0.2, -0.15) is 13.2 Å². The topological polar surface area (TPSA) is 46.5 Å². The number of ether oxygens (including phenoxy) is 1. The summed E-state index contributed by atoms with van der Waals surface area (Å²) >= 11 is 0. The highest BCUT2D eigenvalue weighted by Crippen LogP contribution is 2.29. The second-order valence-corrected chi connectivity index (χ2v) is 4.67. The lowest BCUT2D eigenvalue weighted by Crippen LogP contribution is -2.18. The second-order valence-electron chi connectivity index (χ2n) is 4.67. The molecule has 0 aliphatic carbocycles. The molecule has 1 atom stereocenters. The molecule has 0 bridgehead atoms. The molecule has 0 fully saturated rings. The van der Waals surface area contributed by atoms with E-state index >= 15 is 0 Å². The maximum Gasteiger partial charge on any atom is 0.389 e. The van der Waals surface area contributed by atoms with Crippen molar-refractivity contribution in [3.63, 3.8) is 0 Å². The Morgan fingerprint density at radius 1 is 1.30 bits per heavy atom. The van der Waals surface area contributed by atoms with Crippen LogP contribution in [-0.4, -0.2) is 24.4 Å². The van der Waals surface area contributed by atoms with E-state index in [1.807, 2.05) is 0 Å². The Balaban J connectivity index is 2.57. The average molecular weight is 290 g/mol. The SMILES string of the molecule is COc1ccc(CCC(CC(=O)O)CC(F)(F)F)cc1. The minimum atomic E-state index is -4.33. The molecule has 112 valence electrons. The number of carboxylic acids is 1. The number of carboxylic acid groups (broad SMARTS) is 1. The summed E-state index contributed by atoms with van der Waals surface area (Å²) in [4.78, 5) is 10.6. The molecule has 1 aromatic carbocycles. The molecule has 1 aromatic rings. The van der Waals surface area contributed by atoms with Crippen molar-refractivity contribution in [1.29, 1.82) is 0 Å². The van der Waals surface area contributed by atoms with Gasteiger partial charge in [0, 0.05) is 12.8 Å². The Morgan fingerprint density at radius 3 is 2.35 bits per heavy atom. The molecule has 0 aliphatic rings. The number of halogens is 3. The van der Waals surface area contributed by atoms with Crippen molar-refractivity contribution in [1.82, 2.24) is 0 Å². The third-order valence-corrected chi connectivity index (χ3v) is 2.98. The predicted molar refractivity (Wildman–Crippen MR) is 67.7 cm³/mol. The minimum Gasteiger partial charge on any atom is -0.497 e. The first-order chi connectivity index (χ1) is 9.30. The van der Waals surface area contributed by atoms with Crippen LogP contribution in [0.3, 0.4) is 0 Å². The van der Waals surface area contributed by atoms with Gasteiger partial charge in [-0.1, -0.05) is 12.1 Å². The Labute approximate surface area is 115 Å². The molecule has 1 N–H and O–H groups in total. The molecular weight excluding hydrogens is 273 g/mol. The monoisotopic (exact) mass is 290 g/mol. The van der Waals surface area contributed by atoms with Crippen LogP contribution in [-0.2, 0) is 11.2 Å². The Kier molecular flexibility index (Phi) is 5.85. The van der Waals surface area contributed by atoms with Crippen LogP contribution in [0.4, 0.5) is 13.2 Å². The number of carbonyl (C=O) groups is 1.